The Kier molecular flexibility index (Phi) is 5.09. The molecule has 0 aliphatic carbocycles. The smallest absolute Gasteiger partial charge is 0.224 e. The van der Waals surface area contributed by atoms with E-state index in [4.69, 9.17) is 0 Å². The topological polar surface area (TPSA) is 29.1 Å². The van der Waals surface area contributed by atoms with Crippen molar-refractivity contribution in [2.75, 3.05) is 5.32 Å². The maximum Gasteiger partial charge on any atom is 0.224 e. The van der Waals surface area contributed by atoms with Gasteiger partial charge in [0.15, 0.2) is 0 Å². The van der Waals surface area contributed by atoms with E-state index in [9.17, 15) is 9.18 Å². The lowest BCUT2D eigenvalue weighted by Crippen LogP contribution is -2.12. The summed E-state index contributed by atoms with van der Waals surface area (Å²) in [6, 6.07) is 13.9. The van der Waals surface area contributed by atoms with E-state index in [1.54, 1.807) is 6.07 Å². The van der Waals surface area contributed by atoms with Crippen molar-refractivity contribution in [3.8, 4) is 11.1 Å². The molecule has 0 unspecified atom stereocenters. The number of anilines is 1. The van der Waals surface area contributed by atoms with Gasteiger partial charge in [-0.15, -0.1) is 0 Å². The third-order valence-electron chi connectivity index (χ3n) is 3.25. The van der Waals surface area contributed by atoms with Gasteiger partial charge in [-0.25, -0.2) is 4.39 Å². The van der Waals surface area contributed by atoms with Crippen molar-refractivity contribution in [3.05, 3.63) is 54.3 Å². The van der Waals surface area contributed by atoms with Gasteiger partial charge in [-0.3, -0.25) is 4.79 Å². The average Bonchev–Trinajstić information content (AvgIpc) is 2.45. The molecule has 0 radical (unpaired) electrons. The highest BCUT2D eigenvalue weighted by Gasteiger charge is 2.05. The van der Waals surface area contributed by atoms with E-state index < -0.39 is 0 Å². The molecule has 0 saturated carbocycles. The molecule has 2 nitrogen and oxygen atoms in total. The molecule has 21 heavy (non-hydrogen) atoms. The third kappa shape index (κ3) is 4.71. The van der Waals surface area contributed by atoms with Gasteiger partial charge in [-0.2, -0.15) is 0 Å². The highest BCUT2D eigenvalue weighted by Crippen LogP contribution is 2.23. The van der Waals surface area contributed by atoms with E-state index in [0.29, 0.717) is 12.3 Å². The Hall–Kier alpha value is -2.16. The van der Waals surface area contributed by atoms with Crippen LogP contribution in [0.2, 0.25) is 0 Å². The number of carbonyl (C=O) groups is 1. The lowest BCUT2D eigenvalue weighted by Gasteiger charge is -2.09. The van der Waals surface area contributed by atoms with Gasteiger partial charge in [0.25, 0.3) is 0 Å². The quantitative estimate of drug-likeness (QED) is 0.834. The number of rotatable bonds is 5. The van der Waals surface area contributed by atoms with Crippen LogP contribution in [0.3, 0.4) is 0 Å². The predicted octanol–water partition coefficient (Wildman–Crippen LogP) is 4.87. The average molecular weight is 285 g/mol. The van der Waals surface area contributed by atoms with Crippen molar-refractivity contribution in [1.82, 2.24) is 0 Å². The molecule has 0 saturated heterocycles. The molecule has 2 aromatic rings. The SMILES string of the molecule is CC(C)CCC(=O)Nc1cccc(-c2cccc(F)c2)c1. The summed E-state index contributed by atoms with van der Waals surface area (Å²) in [5, 5.41) is 2.89. The second-order valence-corrected chi connectivity index (χ2v) is 5.57. The van der Waals surface area contributed by atoms with Crippen LogP contribution < -0.4 is 5.32 Å². The normalized spacial score (nSPS) is 10.7. The molecule has 0 atom stereocenters. The van der Waals surface area contributed by atoms with E-state index in [0.717, 1.165) is 23.2 Å². The van der Waals surface area contributed by atoms with Gasteiger partial charge in [0.2, 0.25) is 5.91 Å². The summed E-state index contributed by atoms with van der Waals surface area (Å²) in [5.74, 6) is 0.258. The fourth-order valence-corrected chi connectivity index (χ4v) is 2.09. The zero-order chi connectivity index (χ0) is 15.2. The van der Waals surface area contributed by atoms with Gasteiger partial charge in [0.05, 0.1) is 0 Å². The number of nitrogens with one attached hydrogen (secondary N) is 1. The molecule has 2 rings (SSSR count). The minimum atomic E-state index is -0.265. The highest BCUT2D eigenvalue weighted by molar-refractivity contribution is 5.91. The van der Waals surface area contributed by atoms with Crippen molar-refractivity contribution < 1.29 is 9.18 Å². The summed E-state index contributed by atoms with van der Waals surface area (Å²) >= 11 is 0. The first kappa shape index (κ1) is 15.2. The van der Waals surface area contributed by atoms with Crippen molar-refractivity contribution in [3.63, 3.8) is 0 Å². The van der Waals surface area contributed by atoms with E-state index in [1.165, 1.54) is 12.1 Å². The molecule has 2 aromatic carbocycles. The first-order chi connectivity index (χ1) is 10.0. The number of halogens is 1. The Morgan fingerprint density at radius 2 is 1.76 bits per heavy atom. The first-order valence-electron chi connectivity index (χ1n) is 7.20. The zero-order valence-electron chi connectivity index (χ0n) is 12.4. The van der Waals surface area contributed by atoms with Crippen molar-refractivity contribution >= 4 is 11.6 Å². The minimum absolute atomic E-state index is 0.0140. The van der Waals surface area contributed by atoms with E-state index in [-0.39, 0.29) is 11.7 Å². The van der Waals surface area contributed by atoms with Crippen LogP contribution in [0.15, 0.2) is 48.5 Å². The second kappa shape index (κ2) is 7.02. The summed E-state index contributed by atoms with van der Waals surface area (Å²) in [7, 11) is 0. The van der Waals surface area contributed by atoms with Gasteiger partial charge in [-0.1, -0.05) is 38.1 Å². The van der Waals surface area contributed by atoms with Gasteiger partial charge < -0.3 is 5.32 Å². The first-order valence-corrected chi connectivity index (χ1v) is 7.20. The fourth-order valence-electron chi connectivity index (χ4n) is 2.09. The Morgan fingerprint density at radius 1 is 1.10 bits per heavy atom. The lowest BCUT2D eigenvalue weighted by atomic mass is 10.0. The summed E-state index contributed by atoms with van der Waals surface area (Å²) in [4.78, 5) is 11.8. The second-order valence-electron chi connectivity index (χ2n) is 5.57. The Bertz CT molecular complexity index is 622. The molecule has 110 valence electrons. The molecule has 0 aromatic heterocycles. The number of hydrogen-bond acceptors (Lipinski definition) is 1. The van der Waals surface area contributed by atoms with Crippen LogP contribution in [0.25, 0.3) is 11.1 Å². The molecule has 0 aliphatic rings. The minimum Gasteiger partial charge on any atom is -0.326 e. The van der Waals surface area contributed by atoms with Crippen LogP contribution in [-0.2, 0) is 4.79 Å². The number of hydrogen-bond donors (Lipinski definition) is 1. The van der Waals surface area contributed by atoms with Crippen molar-refractivity contribution in [1.29, 1.82) is 0 Å². The number of carbonyl (C=O) groups excluding carboxylic acids is 1. The van der Waals surface area contributed by atoms with E-state index in [2.05, 4.69) is 19.2 Å². The van der Waals surface area contributed by atoms with Crippen molar-refractivity contribution in [2.24, 2.45) is 5.92 Å². The van der Waals surface area contributed by atoms with Crippen LogP contribution in [0.4, 0.5) is 10.1 Å². The summed E-state index contributed by atoms with van der Waals surface area (Å²) in [6.45, 7) is 4.19. The van der Waals surface area contributed by atoms with Gasteiger partial charge in [-0.05, 0) is 47.7 Å². The van der Waals surface area contributed by atoms with Crippen LogP contribution >= 0.6 is 0 Å². The summed E-state index contributed by atoms with van der Waals surface area (Å²) < 4.78 is 13.3. The molecule has 0 heterocycles. The Labute approximate surface area is 125 Å². The zero-order valence-corrected chi connectivity index (χ0v) is 12.4. The fraction of sp³-hybridized carbons (Fsp3) is 0.278. The largest absolute Gasteiger partial charge is 0.326 e. The van der Waals surface area contributed by atoms with Crippen LogP contribution in [0.5, 0.6) is 0 Å². The lowest BCUT2D eigenvalue weighted by molar-refractivity contribution is -0.116. The molecule has 0 spiro atoms. The van der Waals surface area contributed by atoms with E-state index in [1.807, 2.05) is 30.3 Å². The molecular weight excluding hydrogens is 265 g/mol. The molecule has 0 fully saturated rings. The molecule has 1 N–H and O–H groups in total. The number of benzene rings is 2. The molecule has 3 heteroatoms. The maximum absolute atomic E-state index is 13.3. The molecule has 0 bridgehead atoms. The number of amides is 1. The van der Waals surface area contributed by atoms with Crippen LogP contribution in [-0.4, -0.2) is 5.91 Å². The summed E-state index contributed by atoms with van der Waals surface area (Å²) in [5.41, 5.74) is 2.43. The van der Waals surface area contributed by atoms with E-state index >= 15 is 0 Å². The van der Waals surface area contributed by atoms with Crippen LogP contribution in [0, 0.1) is 11.7 Å². The third-order valence-corrected chi connectivity index (χ3v) is 3.25. The van der Waals surface area contributed by atoms with Crippen LogP contribution in [0.1, 0.15) is 26.7 Å². The van der Waals surface area contributed by atoms with Gasteiger partial charge in [0.1, 0.15) is 5.82 Å². The highest BCUT2D eigenvalue weighted by atomic mass is 19.1. The van der Waals surface area contributed by atoms with Gasteiger partial charge in [0, 0.05) is 12.1 Å². The van der Waals surface area contributed by atoms with Gasteiger partial charge >= 0.3 is 0 Å². The molecule has 0 aliphatic heterocycles. The standard InChI is InChI=1S/C18H20FNO/c1-13(2)9-10-18(21)20-17-8-4-6-15(12-17)14-5-3-7-16(19)11-14/h3-8,11-13H,9-10H2,1-2H3,(H,20,21). The molecular formula is C18H20FNO. The molecule has 1 amide bonds. The Morgan fingerprint density at radius 3 is 2.43 bits per heavy atom. The van der Waals surface area contributed by atoms with Crippen molar-refractivity contribution in [2.45, 2.75) is 26.7 Å². The predicted molar refractivity (Wildman–Crippen MR) is 84.5 cm³/mol. The monoisotopic (exact) mass is 285 g/mol. The maximum atomic E-state index is 13.3. The Balaban J connectivity index is 2.09. The summed E-state index contributed by atoms with van der Waals surface area (Å²) in [6.07, 6.45) is 1.39.